The summed E-state index contributed by atoms with van der Waals surface area (Å²) in [5.41, 5.74) is 1.16. The number of ether oxygens (including phenoxy) is 2. The largest absolute Gasteiger partial charge is 0.494 e. The maximum absolute atomic E-state index is 13.9. The van der Waals surface area contributed by atoms with Crippen molar-refractivity contribution >= 4 is 22.6 Å². The first kappa shape index (κ1) is 14.6. The molecule has 1 fully saturated rings. The highest BCUT2D eigenvalue weighted by Crippen LogP contribution is 2.38. The Labute approximate surface area is 127 Å². The molecule has 2 heterocycles. The zero-order valence-corrected chi connectivity index (χ0v) is 13.1. The molecule has 114 valence electrons. The third-order valence-corrected chi connectivity index (χ3v) is 4.72. The molecule has 0 saturated carbocycles. The van der Waals surface area contributed by atoms with Crippen molar-refractivity contribution in [2.45, 2.75) is 37.8 Å². The number of hydrogen-bond donors (Lipinski definition) is 0. The first-order valence-electron chi connectivity index (χ1n) is 6.94. The number of fused-ring (bicyclic) bond motifs is 1. The maximum Gasteiger partial charge on any atom is 0.167 e. The number of imidazole rings is 1. The van der Waals surface area contributed by atoms with E-state index in [9.17, 15) is 4.39 Å². The van der Waals surface area contributed by atoms with Crippen molar-refractivity contribution in [3.63, 3.8) is 0 Å². The summed E-state index contributed by atoms with van der Waals surface area (Å²) >= 11 is 6.06. The molecule has 1 aromatic carbocycles. The molecule has 1 saturated heterocycles. The molecular formula is C15H18ClFN2O2. The molecule has 0 spiro atoms. The minimum Gasteiger partial charge on any atom is -0.494 e. The van der Waals surface area contributed by atoms with Crippen LogP contribution >= 0.6 is 11.6 Å². The quantitative estimate of drug-likeness (QED) is 0.815. The predicted molar refractivity (Wildman–Crippen MR) is 79.5 cm³/mol. The Balaban J connectivity index is 2.29. The number of alkyl halides is 1. The van der Waals surface area contributed by atoms with Crippen LogP contribution in [-0.2, 0) is 16.2 Å². The summed E-state index contributed by atoms with van der Waals surface area (Å²) in [6.45, 7) is 4.85. The van der Waals surface area contributed by atoms with Crippen LogP contribution in [0.1, 0.15) is 26.1 Å². The summed E-state index contributed by atoms with van der Waals surface area (Å²) in [5, 5.41) is 0. The van der Waals surface area contributed by atoms with Crippen LogP contribution in [0.5, 0.6) is 5.75 Å². The Hall–Kier alpha value is -1.33. The minimum absolute atomic E-state index is 0.0351. The van der Waals surface area contributed by atoms with E-state index in [4.69, 9.17) is 21.1 Å². The minimum atomic E-state index is -0.420. The van der Waals surface area contributed by atoms with Crippen molar-refractivity contribution in [1.29, 1.82) is 0 Å². The lowest BCUT2D eigenvalue weighted by molar-refractivity contribution is 0.0766. The molecule has 1 aliphatic rings. The molecule has 0 bridgehead atoms. The van der Waals surface area contributed by atoms with Crippen LogP contribution in [0.2, 0.25) is 0 Å². The highest BCUT2D eigenvalue weighted by molar-refractivity contribution is 6.16. The SMILES string of the molecule is COc1cc2c(cc1F)nc(CCl)n2C1(C)CCOC1C. The molecule has 2 atom stereocenters. The van der Waals surface area contributed by atoms with E-state index >= 15 is 0 Å². The topological polar surface area (TPSA) is 36.3 Å². The van der Waals surface area contributed by atoms with Gasteiger partial charge in [0.05, 0.1) is 35.7 Å². The van der Waals surface area contributed by atoms with Crippen LogP contribution in [0.25, 0.3) is 11.0 Å². The number of nitrogens with zero attached hydrogens (tertiary/aromatic N) is 2. The molecule has 2 unspecified atom stereocenters. The third kappa shape index (κ3) is 2.10. The normalized spacial score (nSPS) is 25.7. The molecule has 0 aliphatic carbocycles. The van der Waals surface area contributed by atoms with Gasteiger partial charge in [-0.1, -0.05) is 0 Å². The monoisotopic (exact) mass is 312 g/mol. The van der Waals surface area contributed by atoms with Gasteiger partial charge in [-0.05, 0) is 20.3 Å². The second kappa shape index (κ2) is 5.14. The van der Waals surface area contributed by atoms with Gasteiger partial charge in [0.25, 0.3) is 0 Å². The van der Waals surface area contributed by atoms with Gasteiger partial charge in [-0.25, -0.2) is 9.37 Å². The number of hydrogen-bond acceptors (Lipinski definition) is 3. The van der Waals surface area contributed by atoms with Crippen LogP contribution < -0.4 is 4.74 Å². The molecule has 21 heavy (non-hydrogen) atoms. The van der Waals surface area contributed by atoms with E-state index < -0.39 is 5.82 Å². The van der Waals surface area contributed by atoms with Crippen molar-refractivity contribution < 1.29 is 13.9 Å². The molecule has 0 amide bonds. The van der Waals surface area contributed by atoms with E-state index in [0.29, 0.717) is 12.1 Å². The number of aromatic nitrogens is 2. The van der Waals surface area contributed by atoms with Crippen LogP contribution in [0.3, 0.4) is 0 Å². The van der Waals surface area contributed by atoms with E-state index in [0.717, 1.165) is 17.8 Å². The molecule has 0 N–H and O–H groups in total. The highest BCUT2D eigenvalue weighted by atomic mass is 35.5. The summed E-state index contributed by atoms with van der Waals surface area (Å²) in [6, 6.07) is 3.08. The van der Waals surface area contributed by atoms with E-state index in [-0.39, 0.29) is 23.3 Å². The second-order valence-corrected chi connectivity index (χ2v) is 5.86. The van der Waals surface area contributed by atoms with Gasteiger partial charge in [0.15, 0.2) is 11.6 Å². The zero-order valence-electron chi connectivity index (χ0n) is 12.3. The number of methoxy groups -OCH3 is 1. The predicted octanol–water partition coefficient (Wildman–Crippen LogP) is 3.45. The van der Waals surface area contributed by atoms with E-state index in [2.05, 4.69) is 16.5 Å². The van der Waals surface area contributed by atoms with Gasteiger partial charge in [0.1, 0.15) is 5.82 Å². The molecule has 3 rings (SSSR count). The fourth-order valence-electron chi connectivity index (χ4n) is 3.06. The van der Waals surface area contributed by atoms with E-state index in [1.54, 1.807) is 6.07 Å². The van der Waals surface area contributed by atoms with Gasteiger partial charge < -0.3 is 14.0 Å². The third-order valence-electron chi connectivity index (χ3n) is 4.48. The standard InChI is InChI=1S/C15H18ClFN2O2/c1-9-15(2,4-5-21-9)19-12-7-13(20-3)10(17)6-11(12)18-14(19)8-16/h6-7,9H,4-5,8H2,1-3H3. The fraction of sp³-hybridized carbons (Fsp3) is 0.533. The molecule has 1 aliphatic heterocycles. The van der Waals surface area contributed by atoms with Crippen molar-refractivity contribution in [2.75, 3.05) is 13.7 Å². The molecule has 2 aromatic rings. The van der Waals surface area contributed by atoms with E-state index in [1.807, 2.05) is 6.92 Å². The first-order valence-corrected chi connectivity index (χ1v) is 7.47. The highest BCUT2D eigenvalue weighted by Gasteiger charge is 2.41. The van der Waals surface area contributed by atoms with Crippen molar-refractivity contribution in [2.24, 2.45) is 0 Å². The number of benzene rings is 1. The average molecular weight is 313 g/mol. The van der Waals surface area contributed by atoms with Crippen LogP contribution in [0.15, 0.2) is 12.1 Å². The van der Waals surface area contributed by atoms with Gasteiger partial charge in [-0.2, -0.15) is 0 Å². The summed E-state index contributed by atoms with van der Waals surface area (Å²) < 4.78 is 26.8. The Bertz CT molecular complexity index is 688. The lowest BCUT2D eigenvalue weighted by Gasteiger charge is -2.31. The van der Waals surface area contributed by atoms with Gasteiger partial charge >= 0.3 is 0 Å². The Morgan fingerprint density at radius 2 is 2.33 bits per heavy atom. The van der Waals surface area contributed by atoms with Gasteiger partial charge in [0, 0.05) is 18.7 Å². The molecule has 0 radical (unpaired) electrons. The van der Waals surface area contributed by atoms with Gasteiger partial charge in [-0.3, -0.25) is 0 Å². The van der Waals surface area contributed by atoms with Crippen LogP contribution in [0.4, 0.5) is 4.39 Å². The Kier molecular flexibility index (Phi) is 3.58. The lowest BCUT2D eigenvalue weighted by atomic mass is 9.93. The van der Waals surface area contributed by atoms with Crippen LogP contribution in [-0.4, -0.2) is 29.4 Å². The first-order chi connectivity index (χ1) is 10.0. The van der Waals surface area contributed by atoms with Crippen LogP contribution in [0, 0.1) is 5.82 Å². The molecular weight excluding hydrogens is 295 g/mol. The second-order valence-electron chi connectivity index (χ2n) is 5.59. The molecule has 6 heteroatoms. The number of halogens is 2. The lowest BCUT2D eigenvalue weighted by Crippen LogP contribution is -2.37. The average Bonchev–Trinajstić information content (AvgIpc) is 2.99. The van der Waals surface area contributed by atoms with Crippen molar-refractivity contribution in [3.05, 3.63) is 23.8 Å². The van der Waals surface area contributed by atoms with Crippen molar-refractivity contribution in [1.82, 2.24) is 9.55 Å². The zero-order chi connectivity index (χ0) is 15.2. The van der Waals surface area contributed by atoms with Gasteiger partial charge in [-0.15, -0.1) is 11.6 Å². The smallest absolute Gasteiger partial charge is 0.167 e. The number of rotatable bonds is 3. The fourth-order valence-corrected chi connectivity index (χ4v) is 3.24. The Morgan fingerprint density at radius 1 is 1.57 bits per heavy atom. The van der Waals surface area contributed by atoms with E-state index in [1.165, 1.54) is 13.2 Å². The van der Waals surface area contributed by atoms with Crippen molar-refractivity contribution in [3.8, 4) is 5.75 Å². The molecule has 4 nitrogen and oxygen atoms in total. The summed E-state index contributed by atoms with van der Waals surface area (Å²) in [4.78, 5) is 4.47. The molecule has 1 aromatic heterocycles. The summed E-state index contributed by atoms with van der Waals surface area (Å²) in [7, 11) is 1.45. The summed E-state index contributed by atoms with van der Waals surface area (Å²) in [5.74, 6) is 0.775. The summed E-state index contributed by atoms with van der Waals surface area (Å²) in [6.07, 6.45) is 0.899. The van der Waals surface area contributed by atoms with Gasteiger partial charge in [0.2, 0.25) is 0 Å². The Morgan fingerprint density at radius 3 is 2.90 bits per heavy atom. The maximum atomic E-state index is 13.9.